The lowest BCUT2D eigenvalue weighted by atomic mass is 9.99. The van der Waals surface area contributed by atoms with Crippen LogP contribution in [0.25, 0.3) is 0 Å². The second-order valence-electron chi connectivity index (χ2n) is 8.00. The van der Waals surface area contributed by atoms with Crippen molar-refractivity contribution in [3.8, 4) is 5.75 Å². The van der Waals surface area contributed by atoms with Crippen LogP contribution in [0.15, 0.2) is 68.9 Å². The number of aliphatic imine (C=N–C) groups is 1. The average Bonchev–Trinajstić information content (AvgIpc) is 3.27. The van der Waals surface area contributed by atoms with Gasteiger partial charge in [0.15, 0.2) is 5.17 Å². The zero-order chi connectivity index (χ0) is 23.0. The van der Waals surface area contributed by atoms with E-state index < -0.39 is 0 Å². The molecule has 0 spiro atoms. The van der Waals surface area contributed by atoms with E-state index in [1.165, 1.54) is 11.8 Å². The van der Waals surface area contributed by atoms with Gasteiger partial charge in [0.2, 0.25) is 0 Å². The normalized spacial score (nSPS) is 19.4. The Bertz CT molecular complexity index is 1150. The summed E-state index contributed by atoms with van der Waals surface area (Å²) in [6.45, 7) is 13.1. The number of fused-ring (bicyclic) bond motifs is 1. The number of hydrogen-bond donors (Lipinski definition) is 1. The molecule has 0 atom stereocenters. The molecule has 0 aliphatic carbocycles. The molecule has 2 heterocycles. The lowest BCUT2D eigenvalue weighted by molar-refractivity contribution is -0.121. The number of benzene rings is 2. The molecule has 4 rings (SSSR count). The zero-order valence-corrected chi connectivity index (χ0v) is 20.4. The van der Waals surface area contributed by atoms with E-state index in [0.29, 0.717) is 16.6 Å². The first kappa shape index (κ1) is 22.6. The third-order valence-electron chi connectivity index (χ3n) is 5.48. The Morgan fingerprint density at radius 2 is 1.94 bits per heavy atom. The number of para-hydroxylation sites is 1. The summed E-state index contributed by atoms with van der Waals surface area (Å²) in [6.07, 6.45) is 1.72. The number of carbonyl (C=O) groups excluding carboxylic acids is 1. The highest BCUT2D eigenvalue weighted by molar-refractivity contribution is 8.19. The molecule has 1 amide bonds. The Kier molecular flexibility index (Phi) is 6.40. The first-order valence-electron chi connectivity index (χ1n) is 10.7. The first-order chi connectivity index (χ1) is 15.3. The van der Waals surface area contributed by atoms with Crippen LogP contribution in [0, 0.1) is 6.92 Å². The summed E-state index contributed by atoms with van der Waals surface area (Å²) in [7, 11) is 0. The number of aromatic hydroxyl groups is 1. The number of phenols is 1. The Morgan fingerprint density at radius 3 is 2.62 bits per heavy atom. The van der Waals surface area contributed by atoms with Crippen LogP contribution in [0.3, 0.4) is 0 Å². The van der Waals surface area contributed by atoms with Crippen molar-refractivity contribution in [2.75, 3.05) is 18.0 Å². The van der Waals surface area contributed by atoms with Gasteiger partial charge in [0.25, 0.3) is 5.91 Å². The quantitative estimate of drug-likeness (QED) is 0.410. The minimum Gasteiger partial charge on any atom is -0.508 e. The highest BCUT2D eigenvalue weighted by atomic mass is 32.2. The highest BCUT2D eigenvalue weighted by Crippen LogP contribution is 2.50. The van der Waals surface area contributed by atoms with Gasteiger partial charge in [-0.2, -0.15) is 0 Å². The first-order valence-corrected chi connectivity index (χ1v) is 12.3. The third-order valence-corrected chi connectivity index (χ3v) is 7.86. The molecule has 166 valence electrons. The minimum atomic E-state index is -0.0529. The summed E-state index contributed by atoms with van der Waals surface area (Å²) in [5.41, 5.74) is 3.60. The Balaban J connectivity index is 1.79. The van der Waals surface area contributed by atoms with Crippen LogP contribution in [-0.4, -0.2) is 34.2 Å². The van der Waals surface area contributed by atoms with Crippen LogP contribution in [0.1, 0.15) is 37.8 Å². The minimum absolute atomic E-state index is 0.0529. The van der Waals surface area contributed by atoms with E-state index in [9.17, 15) is 9.90 Å². The number of anilines is 1. The van der Waals surface area contributed by atoms with Gasteiger partial charge in [-0.15, -0.1) is 6.58 Å². The predicted molar refractivity (Wildman–Crippen MR) is 136 cm³/mol. The van der Waals surface area contributed by atoms with E-state index >= 15 is 0 Å². The van der Waals surface area contributed by atoms with Gasteiger partial charge in [-0.3, -0.25) is 9.69 Å². The molecule has 32 heavy (non-hydrogen) atoms. The van der Waals surface area contributed by atoms with Crippen LogP contribution >= 0.6 is 23.5 Å². The average molecular weight is 466 g/mol. The molecular formula is C25H27N3O2S2. The van der Waals surface area contributed by atoms with Crippen LogP contribution < -0.4 is 4.90 Å². The van der Waals surface area contributed by atoms with Gasteiger partial charge in [-0.05, 0) is 66.9 Å². The monoisotopic (exact) mass is 465 g/mol. The zero-order valence-electron chi connectivity index (χ0n) is 18.8. The third kappa shape index (κ3) is 3.95. The summed E-state index contributed by atoms with van der Waals surface area (Å²) in [5.74, 6) is 0.393. The topological polar surface area (TPSA) is 56.1 Å². The second kappa shape index (κ2) is 9.08. The smallest absolute Gasteiger partial charge is 0.269 e. The molecular weight excluding hydrogens is 438 g/mol. The summed E-state index contributed by atoms with van der Waals surface area (Å²) in [5, 5.41) is 11.9. The lowest BCUT2D eigenvalue weighted by Crippen LogP contribution is -2.30. The Labute approximate surface area is 197 Å². The van der Waals surface area contributed by atoms with E-state index in [1.54, 1.807) is 28.8 Å². The van der Waals surface area contributed by atoms with Crippen molar-refractivity contribution in [2.24, 2.45) is 4.99 Å². The number of carbonyl (C=O) groups is 1. The molecule has 1 fully saturated rings. The molecule has 0 saturated carbocycles. The van der Waals surface area contributed by atoms with E-state index in [4.69, 9.17) is 4.99 Å². The van der Waals surface area contributed by atoms with E-state index in [0.717, 1.165) is 39.0 Å². The van der Waals surface area contributed by atoms with Gasteiger partial charge >= 0.3 is 0 Å². The molecule has 0 aromatic heterocycles. The van der Waals surface area contributed by atoms with E-state index in [-0.39, 0.29) is 17.6 Å². The van der Waals surface area contributed by atoms with Gasteiger partial charge in [0, 0.05) is 18.0 Å². The molecule has 1 saturated heterocycles. The van der Waals surface area contributed by atoms with Gasteiger partial charge < -0.3 is 10.0 Å². The van der Waals surface area contributed by atoms with Crippen LogP contribution in [0.2, 0.25) is 0 Å². The van der Waals surface area contributed by atoms with Gasteiger partial charge in [-0.25, -0.2) is 4.99 Å². The van der Waals surface area contributed by atoms with Crippen molar-refractivity contribution in [1.29, 1.82) is 0 Å². The fourth-order valence-corrected chi connectivity index (χ4v) is 6.20. The number of amidine groups is 1. The molecule has 5 nitrogen and oxygen atoms in total. The summed E-state index contributed by atoms with van der Waals surface area (Å²) >= 11 is 3.04. The van der Waals surface area contributed by atoms with Gasteiger partial charge in [-0.1, -0.05) is 43.8 Å². The van der Waals surface area contributed by atoms with Crippen LogP contribution in [-0.2, 0) is 4.79 Å². The van der Waals surface area contributed by atoms with Gasteiger partial charge in [0.05, 0.1) is 11.4 Å². The highest BCUT2D eigenvalue weighted by Gasteiger charge is 2.39. The fraction of sp³-hybridized carbons (Fsp3) is 0.280. The SMILES string of the molecule is C=CCN1C(=O)C(=C2Sc3ccccc3N2CC)SC1=Nc1cc(C(C)C)c(O)cc1C. The number of thioether (sulfide) groups is 2. The van der Waals surface area contributed by atoms with E-state index in [2.05, 4.69) is 30.5 Å². The number of rotatable bonds is 5. The second-order valence-corrected chi connectivity index (χ2v) is 10.0. The molecule has 1 N–H and O–H groups in total. The molecule has 2 aromatic carbocycles. The molecule has 2 aliphatic rings. The maximum absolute atomic E-state index is 13.4. The molecule has 7 heteroatoms. The van der Waals surface area contributed by atoms with Crippen molar-refractivity contribution in [3.63, 3.8) is 0 Å². The molecule has 0 unspecified atom stereocenters. The number of hydrogen-bond acceptors (Lipinski definition) is 6. The predicted octanol–water partition coefficient (Wildman–Crippen LogP) is 6.37. The largest absolute Gasteiger partial charge is 0.508 e. The number of amides is 1. The number of nitrogens with zero attached hydrogens (tertiary/aromatic N) is 3. The van der Waals surface area contributed by atoms with E-state index in [1.807, 2.05) is 39.0 Å². The van der Waals surface area contributed by atoms with Crippen molar-refractivity contribution in [2.45, 2.75) is 38.5 Å². The van der Waals surface area contributed by atoms with Crippen LogP contribution in [0.5, 0.6) is 5.75 Å². The van der Waals surface area contributed by atoms with Crippen molar-refractivity contribution in [1.82, 2.24) is 4.90 Å². The molecule has 2 aromatic rings. The fourth-order valence-electron chi connectivity index (χ4n) is 3.81. The summed E-state index contributed by atoms with van der Waals surface area (Å²) in [6, 6.07) is 11.9. The molecule has 2 aliphatic heterocycles. The van der Waals surface area contributed by atoms with Gasteiger partial charge in [0.1, 0.15) is 15.7 Å². The van der Waals surface area contributed by atoms with Crippen LogP contribution in [0.4, 0.5) is 11.4 Å². The Morgan fingerprint density at radius 1 is 1.19 bits per heavy atom. The Hall–Kier alpha value is -2.64. The molecule has 0 bridgehead atoms. The summed E-state index contributed by atoms with van der Waals surface area (Å²) in [4.78, 5) is 24.0. The number of phenolic OH excluding ortho intramolecular Hbond substituents is 1. The standard InChI is InChI=1S/C25H27N3O2S2/c1-6-12-28-23(30)22(24-27(7-2)19-10-8-9-11-21(19)31-24)32-25(28)26-18-14-17(15(3)4)20(29)13-16(18)5/h6,8-11,13-15,29H,1,7,12H2,2-5H3. The maximum atomic E-state index is 13.4. The van der Waals surface area contributed by atoms with Crippen molar-refractivity contribution in [3.05, 3.63) is 70.1 Å². The maximum Gasteiger partial charge on any atom is 0.269 e. The summed E-state index contributed by atoms with van der Waals surface area (Å²) < 4.78 is 0. The number of aryl methyl sites for hydroxylation is 1. The van der Waals surface area contributed by atoms with Crippen molar-refractivity contribution >= 4 is 46.0 Å². The molecule has 0 radical (unpaired) electrons. The van der Waals surface area contributed by atoms with Crippen molar-refractivity contribution < 1.29 is 9.90 Å². The lowest BCUT2D eigenvalue weighted by Gasteiger charge is -2.19.